The molecule has 5 amide bonds. The maximum atomic E-state index is 13.3. The maximum Gasteiger partial charge on any atom is 0.423 e. The molecular weight excluding hydrogens is 487 g/mol. The number of alkyl halides is 2. The van der Waals surface area contributed by atoms with Gasteiger partial charge < -0.3 is 9.84 Å². The number of phenols is 1. The molecule has 3 fully saturated rings. The number of nitrogens with zero attached hydrogens (tertiary/aromatic N) is 2. The van der Waals surface area contributed by atoms with Gasteiger partial charge in [-0.3, -0.25) is 24.1 Å². The number of aromatic hydroxyl groups is 1. The van der Waals surface area contributed by atoms with Crippen LogP contribution in [0.1, 0.15) is 24.3 Å². The quantitative estimate of drug-likeness (QED) is 0.351. The molecule has 6 unspecified atom stereocenters. The van der Waals surface area contributed by atoms with Crippen LogP contribution in [0.4, 0.5) is 4.79 Å². The van der Waals surface area contributed by atoms with Crippen LogP contribution >= 0.6 is 23.2 Å². The molecule has 1 aromatic carbocycles. The van der Waals surface area contributed by atoms with Gasteiger partial charge in [0, 0.05) is 13.0 Å². The minimum Gasteiger partial charge on any atom is -0.508 e. The summed E-state index contributed by atoms with van der Waals surface area (Å²) in [6.07, 6.45) is 0.661. The Morgan fingerprint density at radius 2 is 1.71 bits per heavy atom. The number of ether oxygens (including phenoxy) is 1. The number of amides is 5. The fourth-order valence-corrected chi connectivity index (χ4v) is 7.08. The monoisotopic (exact) mass is 506 g/mol. The molecule has 6 atom stereocenters. The first-order valence-electron chi connectivity index (χ1n) is 10.6. The highest BCUT2D eigenvalue weighted by Crippen LogP contribution is 2.65. The number of allylic oxidation sites excluding steroid dienone is 2. The molecule has 1 N–H and O–H groups in total. The van der Waals surface area contributed by atoms with Crippen LogP contribution in [0.5, 0.6) is 5.75 Å². The van der Waals surface area contributed by atoms with E-state index in [2.05, 4.69) is 4.74 Å². The number of likely N-dealkylation sites (tertiary alicyclic amines) is 2. The van der Waals surface area contributed by atoms with Gasteiger partial charge in [0.05, 0.1) is 18.9 Å². The van der Waals surface area contributed by atoms with Gasteiger partial charge >= 0.3 is 6.09 Å². The Morgan fingerprint density at radius 1 is 1.06 bits per heavy atom. The fourth-order valence-electron chi connectivity index (χ4n) is 6.06. The van der Waals surface area contributed by atoms with Crippen molar-refractivity contribution in [1.82, 2.24) is 9.80 Å². The number of hydrogen-bond acceptors (Lipinski definition) is 7. The van der Waals surface area contributed by atoms with Gasteiger partial charge in [-0.1, -0.05) is 23.8 Å². The zero-order valence-corrected chi connectivity index (χ0v) is 19.7. The Kier molecular flexibility index (Phi) is 4.90. The van der Waals surface area contributed by atoms with E-state index in [1.165, 1.54) is 19.2 Å². The van der Waals surface area contributed by atoms with Crippen molar-refractivity contribution >= 4 is 52.9 Å². The molecule has 1 saturated carbocycles. The number of methoxy groups -OCH3 is 1. The third kappa shape index (κ3) is 2.59. The summed E-state index contributed by atoms with van der Waals surface area (Å²) >= 11 is 14.0. The van der Waals surface area contributed by atoms with Crippen LogP contribution in [-0.4, -0.2) is 68.5 Å². The number of carbonyl (C=O) groups is 5. The van der Waals surface area contributed by atoms with Gasteiger partial charge in [0.25, 0.3) is 11.8 Å². The highest BCUT2D eigenvalue weighted by Gasteiger charge is 2.76. The SMILES string of the molecule is COC(=O)N1C(=O)C2CC=C3C(CC4(Cl)C(=O)N(C)C(=O)C4(Cl)C3c3ccc(O)cc3)C2C1=O. The molecule has 34 heavy (non-hydrogen) atoms. The van der Waals surface area contributed by atoms with E-state index < -0.39 is 63.1 Å². The van der Waals surface area contributed by atoms with E-state index in [4.69, 9.17) is 23.2 Å². The molecule has 11 heteroatoms. The van der Waals surface area contributed by atoms with Gasteiger partial charge in [0.1, 0.15) is 5.75 Å². The highest BCUT2D eigenvalue weighted by atomic mass is 35.5. The molecule has 4 aliphatic rings. The molecule has 2 heterocycles. The van der Waals surface area contributed by atoms with Gasteiger partial charge in [-0.15, -0.1) is 23.2 Å². The van der Waals surface area contributed by atoms with E-state index in [0.29, 0.717) is 16.0 Å². The van der Waals surface area contributed by atoms with Crippen LogP contribution in [0.25, 0.3) is 0 Å². The molecule has 9 nitrogen and oxygen atoms in total. The largest absolute Gasteiger partial charge is 0.508 e. The van der Waals surface area contributed by atoms with Crippen molar-refractivity contribution in [1.29, 1.82) is 0 Å². The molecule has 178 valence electrons. The number of carbonyl (C=O) groups excluding carboxylic acids is 5. The van der Waals surface area contributed by atoms with Crippen molar-refractivity contribution in [2.45, 2.75) is 28.5 Å². The molecule has 2 aliphatic carbocycles. The Balaban J connectivity index is 1.70. The van der Waals surface area contributed by atoms with E-state index in [9.17, 15) is 29.1 Å². The Labute approximate surface area is 204 Å². The second kappa shape index (κ2) is 7.29. The number of fused-ring (bicyclic) bond motifs is 4. The summed E-state index contributed by atoms with van der Waals surface area (Å²) in [5.41, 5.74) is 1.12. The molecule has 2 aliphatic heterocycles. The summed E-state index contributed by atoms with van der Waals surface area (Å²) in [5, 5.41) is 9.78. The average Bonchev–Trinajstić information content (AvgIpc) is 3.14. The van der Waals surface area contributed by atoms with Crippen molar-refractivity contribution in [2.75, 3.05) is 14.2 Å². The summed E-state index contributed by atoms with van der Waals surface area (Å²) in [6, 6.07) is 6.01. The summed E-state index contributed by atoms with van der Waals surface area (Å²) in [7, 11) is 2.37. The van der Waals surface area contributed by atoms with Crippen LogP contribution in [0.15, 0.2) is 35.9 Å². The predicted octanol–water partition coefficient (Wildman–Crippen LogP) is 2.15. The fraction of sp³-hybridized carbons (Fsp3) is 0.435. The van der Waals surface area contributed by atoms with Crippen molar-refractivity contribution in [2.24, 2.45) is 17.8 Å². The lowest BCUT2D eigenvalue weighted by atomic mass is 9.56. The summed E-state index contributed by atoms with van der Waals surface area (Å²) in [5.74, 6) is -6.19. The first kappa shape index (κ1) is 22.9. The minimum absolute atomic E-state index is 0.00853. The molecule has 2 saturated heterocycles. The summed E-state index contributed by atoms with van der Waals surface area (Å²) in [4.78, 5) is 62.5. The third-order valence-electron chi connectivity index (χ3n) is 7.60. The minimum atomic E-state index is -1.89. The van der Waals surface area contributed by atoms with Crippen molar-refractivity contribution in [3.8, 4) is 5.75 Å². The van der Waals surface area contributed by atoms with E-state index in [1.807, 2.05) is 0 Å². The van der Waals surface area contributed by atoms with Gasteiger partial charge in [0.15, 0.2) is 9.75 Å². The van der Waals surface area contributed by atoms with Gasteiger partial charge in [-0.2, -0.15) is 4.90 Å². The van der Waals surface area contributed by atoms with Gasteiger partial charge in [-0.25, -0.2) is 4.79 Å². The zero-order valence-electron chi connectivity index (χ0n) is 18.2. The van der Waals surface area contributed by atoms with Crippen LogP contribution in [0.3, 0.4) is 0 Å². The summed E-state index contributed by atoms with van der Waals surface area (Å²) < 4.78 is 4.62. The van der Waals surface area contributed by atoms with Gasteiger partial charge in [-0.05, 0) is 36.5 Å². The standard InChI is InChI=1S/C23H20Cl2N2O7/c1-26-19(31)22(24)9-14-12(7-8-13-15(14)18(30)27(17(13)29)21(33)34-2)16(23(22,25)20(26)32)10-3-5-11(28)6-4-10/h3-7,13-16,28H,8-9H2,1-2H3. The van der Waals surface area contributed by atoms with Crippen LogP contribution in [0.2, 0.25) is 0 Å². The molecule has 0 spiro atoms. The zero-order chi connectivity index (χ0) is 24.7. The lowest BCUT2D eigenvalue weighted by Gasteiger charge is -2.50. The Hall–Kier alpha value is -2.91. The molecule has 0 aromatic heterocycles. The molecular formula is C23H20Cl2N2O7. The predicted molar refractivity (Wildman–Crippen MR) is 118 cm³/mol. The van der Waals surface area contributed by atoms with Crippen molar-refractivity contribution in [3.05, 3.63) is 41.5 Å². The number of rotatable bonds is 1. The van der Waals surface area contributed by atoms with Crippen molar-refractivity contribution < 1.29 is 33.8 Å². The second-order valence-electron chi connectivity index (χ2n) is 9.07. The summed E-state index contributed by atoms with van der Waals surface area (Å²) in [6.45, 7) is 0. The number of halogens is 2. The van der Waals surface area contributed by atoms with Gasteiger partial charge in [0.2, 0.25) is 11.8 Å². The lowest BCUT2D eigenvalue weighted by Crippen LogP contribution is -2.60. The van der Waals surface area contributed by atoms with Crippen LogP contribution in [-0.2, 0) is 23.9 Å². The lowest BCUT2D eigenvalue weighted by molar-refractivity contribution is -0.139. The normalized spacial score (nSPS) is 36.8. The van der Waals surface area contributed by atoms with E-state index in [-0.39, 0.29) is 18.6 Å². The van der Waals surface area contributed by atoms with E-state index >= 15 is 0 Å². The van der Waals surface area contributed by atoms with E-state index in [0.717, 1.165) is 12.0 Å². The molecule has 1 aromatic rings. The Bertz CT molecular complexity index is 1200. The molecule has 5 rings (SSSR count). The number of imide groups is 4. The molecule has 0 bridgehead atoms. The van der Waals surface area contributed by atoms with E-state index in [1.54, 1.807) is 18.2 Å². The molecule has 0 radical (unpaired) electrons. The maximum absolute atomic E-state index is 13.3. The smallest absolute Gasteiger partial charge is 0.423 e. The Morgan fingerprint density at radius 3 is 2.32 bits per heavy atom. The first-order valence-corrected chi connectivity index (χ1v) is 11.4. The number of hydrogen-bond donors (Lipinski definition) is 1. The van der Waals surface area contributed by atoms with Crippen LogP contribution < -0.4 is 0 Å². The topological polar surface area (TPSA) is 121 Å². The third-order valence-corrected chi connectivity index (χ3v) is 9.01. The number of benzene rings is 1. The second-order valence-corrected chi connectivity index (χ2v) is 10.3. The number of phenolic OH excluding ortho intramolecular Hbond substituents is 1. The van der Waals surface area contributed by atoms with Crippen LogP contribution in [0, 0.1) is 17.8 Å². The average molecular weight is 507 g/mol. The highest BCUT2D eigenvalue weighted by molar-refractivity contribution is 6.53. The van der Waals surface area contributed by atoms with Crippen molar-refractivity contribution in [3.63, 3.8) is 0 Å². The first-order chi connectivity index (χ1) is 16.0.